The molecule has 2 aromatic carbocycles. The van der Waals surface area contributed by atoms with Crippen LogP contribution in [0.1, 0.15) is 32.7 Å². The van der Waals surface area contributed by atoms with Crippen LogP contribution in [0.3, 0.4) is 0 Å². The predicted molar refractivity (Wildman–Crippen MR) is 123 cm³/mol. The summed E-state index contributed by atoms with van der Waals surface area (Å²) in [4.78, 5) is 25.4. The minimum Gasteiger partial charge on any atom is -0.495 e. The molecule has 162 valence electrons. The average molecular weight is 450 g/mol. The Morgan fingerprint density at radius 2 is 1.88 bits per heavy atom. The van der Waals surface area contributed by atoms with Crippen LogP contribution in [-0.2, 0) is 9.53 Å². The number of rotatable bonds is 4. The summed E-state index contributed by atoms with van der Waals surface area (Å²) in [6.07, 6.45) is 4.74. The van der Waals surface area contributed by atoms with E-state index >= 15 is 0 Å². The van der Waals surface area contributed by atoms with Gasteiger partial charge in [0.15, 0.2) is 5.78 Å². The van der Waals surface area contributed by atoms with Crippen LogP contribution in [0.15, 0.2) is 48.5 Å². The van der Waals surface area contributed by atoms with E-state index < -0.39 is 5.97 Å². The van der Waals surface area contributed by atoms with Crippen molar-refractivity contribution in [3.8, 4) is 17.3 Å². The number of esters is 1. The SMILES string of the molecule is COC(=O)c1c(C=C2C(=O)C=Cc3ccccc32)c(O)n(-c2ccc(OC)c(Cl)c2)c1C. The van der Waals surface area contributed by atoms with E-state index in [-0.39, 0.29) is 22.8 Å². The highest BCUT2D eigenvalue weighted by molar-refractivity contribution is 6.33. The van der Waals surface area contributed by atoms with E-state index in [9.17, 15) is 14.7 Å². The van der Waals surface area contributed by atoms with E-state index in [1.165, 1.54) is 30.9 Å². The summed E-state index contributed by atoms with van der Waals surface area (Å²) in [5.41, 5.74) is 3.27. The summed E-state index contributed by atoms with van der Waals surface area (Å²) in [6, 6.07) is 12.4. The Bertz CT molecular complexity index is 1320. The molecule has 6 nitrogen and oxygen atoms in total. The van der Waals surface area contributed by atoms with Gasteiger partial charge in [0, 0.05) is 11.3 Å². The third-order valence-electron chi connectivity index (χ3n) is 5.42. The van der Waals surface area contributed by atoms with Gasteiger partial charge in [-0.15, -0.1) is 0 Å². The molecule has 3 aromatic rings. The molecule has 0 unspecified atom stereocenters. The van der Waals surface area contributed by atoms with Crippen molar-refractivity contribution in [1.82, 2.24) is 4.57 Å². The molecular weight excluding hydrogens is 430 g/mol. The first kappa shape index (κ1) is 21.5. The zero-order chi connectivity index (χ0) is 23.0. The van der Waals surface area contributed by atoms with E-state index in [0.29, 0.717) is 33.3 Å². The molecule has 0 saturated heterocycles. The molecule has 32 heavy (non-hydrogen) atoms. The highest BCUT2D eigenvalue weighted by Gasteiger charge is 2.27. The van der Waals surface area contributed by atoms with Gasteiger partial charge in [0.2, 0.25) is 5.88 Å². The number of halogens is 1. The van der Waals surface area contributed by atoms with Gasteiger partial charge in [0.05, 0.1) is 36.1 Å². The number of ether oxygens (including phenoxy) is 2. The summed E-state index contributed by atoms with van der Waals surface area (Å²) < 4.78 is 11.7. The molecule has 1 N–H and O–H groups in total. The standard InChI is InChI=1S/C25H20ClNO5/c1-14-23(25(30)32-3)19(13-18-17-7-5-4-6-15(17)8-10-21(18)28)24(29)27(14)16-9-11-22(31-2)20(26)12-16/h4-13,29H,1-3H3. The molecule has 0 radical (unpaired) electrons. The summed E-state index contributed by atoms with van der Waals surface area (Å²) in [5.74, 6) is -0.588. The first-order chi connectivity index (χ1) is 15.4. The van der Waals surface area contributed by atoms with Gasteiger partial charge < -0.3 is 14.6 Å². The summed E-state index contributed by atoms with van der Waals surface area (Å²) >= 11 is 6.28. The number of hydrogen-bond donors (Lipinski definition) is 1. The number of aromatic nitrogens is 1. The van der Waals surface area contributed by atoms with Gasteiger partial charge in [-0.25, -0.2) is 4.79 Å². The minimum absolute atomic E-state index is 0.157. The van der Waals surface area contributed by atoms with E-state index in [1.54, 1.807) is 31.2 Å². The Morgan fingerprint density at radius 1 is 1.12 bits per heavy atom. The molecular formula is C25H20ClNO5. The number of hydrogen-bond acceptors (Lipinski definition) is 5. The Hall–Kier alpha value is -3.77. The van der Waals surface area contributed by atoms with Crippen LogP contribution in [0, 0.1) is 6.92 Å². The van der Waals surface area contributed by atoms with Crippen molar-refractivity contribution in [1.29, 1.82) is 0 Å². The van der Waals surface area contributed by atoms with Crippen LogP contribution in [0.4, 0.5) is 0 Å². The van der Waals surface area contributed by atoms with Gasteiger partial charge in [0.25, 0.3) is 0 Å². The van der Waals surface area contributed by atoms with Crippen molar-refractivity contribution in [2.45, 2.75) is 6.92 Å². The first-order valence-corrected chi connectivity index (χ1v) is 10.1. The van der Waals surface area contributed by atoms with E-state index in [1.807, 2.05) is 24.3 Å². The van der Waals surface area contributed by atoms with Crippen molar-refractivity contribution >= 4 is 41.1 Å². The minimum atomic E-state index is -0.630. The number of carbonyl (C=O) groups excluding carboxylic acids is 2. The van der Waals surface area contributed by atoms with Gasteiger partial charge >= 0.3 is 5.97 Å². The van der Waals surface area contributed by atoms with Gasteiger partial charge in [-0.1, -0.05) is 41.9 Å². The molecule has 4 rings (SSSR count). The lowest BCUT2D eigenvalue weighted by Crippen LogP contribution is -2.07. The van der Waals surface area contributed by atoms with Crippen molar-refractivity contribution in [2.24, 2.45) is 0 Å². The molecule has 0 atom stereocenters. The van der Waals surface area contributed by atoms with Gasteiger partial charge in [-0.05, 0) is 48.4 Å². The lowest BCUT2D eigenvalue weighted by molar-refractivity contribution is -0.109. The molecule has 0 saturated carbocycles. The number of nitrogens with zero attached hydrogens (tertiary/aromatic N) is 1. The lowest BCUT2D eigenvalue weighted by atomic mass is 9.90. The number of methoxy groups -OCH3 is 2. The molecule has 7 heteroatoms. The normalized spacial score (nSPS) is 13.9. The molecule has 1 aromatic heterocycles. The molecule has 1 heterocycles. The second-order valence-electron chi connectivity index (χ2n) is 7.19. The average Bonchev–Trinajstić information content (AvgIpc) is 3.04. The third kappa shape index (κ3) is 3.48. The van der Waals surface area contributed by atoms with E-state index in [2.05, 4.69) is 0 Å². The maximum absolute atomic E-state index is 12.7. The zero-order valence-electron chi connectivity index (χ0n) is 17.7. The molecule has 1 aliphatic carbocycles. The van der Waals surface area contributed by atoms with Crippen LogP contribution in [0.5, 0.6) is 11.6 Å². The van der Waals surface area contributed by atoms with E-state index in [0.717, 1.165) is 5.56 Å². The fraction of sp³-hybridized carbons (Fsp3) is 0.120. The topological polar surface area (TPSA) is 77.8 Å². The van der Waals surface area contributed by atoms with Crippen molar-refractivity contribution in [3.05, 3.63) is 81.5 Å². The lowest BCUT2D eigenvalue weighted by Gasteiger charge is -2.13. The van der Waals surface area contributed by atoms with E-state index in [4.69, 9.17) is 21.1 Å². The molecule has 0 fully saturated rings. The third-order valence-corrected chi connectivity index (χ3v) is 5.72. The maximum atomic E-state index is 12.7. The summed E-state index contributed by atoms with van der Waals surface area (Å²) in [6.45, 7) is 1.68. The number of ketones is 1. The van der Waals surface area contributed by atoms with Crippen molar-refractivity contribution < 1.29 is 24.2 Å². The van der Waals surface area contributed by atoms with Gasteiger partial charge in [0.1, 0.15) is 5.75 Å². The Morgan fingerprint density at radius 3 is 2.56 bits per heavy atom. The fourth-order valence-corrected chi connectivity index (χ4v) is 4.13. The zero-order valence-corrected chi connectivity index (χ0v) is 18.4. The van der Waals surface area contributed by atoms with Crippen LogP contribution in [0.2, 0.25) is 5.02 Å². The monoisotopic (exact) mass is 449 g/mol. The predicted octanol–water partition coefficient (Wildman–Crippen LogP) is 5.08. The molecule has 1 aliphatic rings. The first-order valence-electron chi connectivity index (χ1n) is 9.77. The molecule has 0 spiro atoms. The van der Waals surface area contributed by atoms with Gasteiger partial charge in [-0.3, -0.25) is 9.36 Å². The highest BCUT2D eigenvalue weighted by atomic mass is 35.5. The van der Waals surface area contributed by atoms with Crippen molar-refractivity contribution in [2.75, 3.05) is 14.2 Å². The van der Waals surface area contributed by atoms with Crippen molar-refractivity contribution in [3.63, 3.8) is 0 Å². The largest absolute Gasteiger partial charge is 0.495 e. The van der Waals surface area contributed by atoms with Crippen LogP contribution in [-0.4, -0.2) is 35.6 Å². The highest BCUT2D eigenvalue weighted by Crippen LogP contribution is 2.38. The quantitative estimate of drug-likeness (QED) is 0.444. The number of benzene rings is 2. The fourth-order valence-electron chi connectivity index (χ4n) is 3.87. The molecule has 0 bridgehead atoms. The molecule has 0 aliphatic heterocycles. The summed E-state index contributed by atoms with van der Waals surface area (Å²) in [5, 5.41) is 11.5. The Kier molecular flexibility index (Phi) is 5.63. The Balaban J connectivity index is 1.97. The molecule has 0 amide bonds. The maximum Gasteiger partial charge on any atom is 0.340 e. The smallest absolute Gasteiger partial charge is 0.340 e. The van der Waals surface area contributed by atoms with Gasteiger partial charge in [-0.2, -0.15) is 0 Å². The van der Waals surface area contributed by atoms with Crippen LogP contribution < -0.4 is 4.74 Å². The van der Waals surface area contributed by atoms with Crippen LogP contribution in [0.25, 0.3) is 23.4 Å². The second-order valence-corrected chi connectivity index (χ2v) is 7.59. The second kappa shape index (κ2) is 8.40. The number of allylic oxidation sites excluding steroid dienone is 2. The number of fused-ring (bicyclic) bond motifs is 1. The number of carbonyl (C=O) groups is 2. The van der Waals surface area contributed by atoms with Crippen LogP contribution >= 0.6 is 11.6 Å². The number of aromatic hydroxyl groups is 1. The summed E-state index contributed by atoms with van der Waals surface area (Å²) in [7, 11) is 2.77. The Labute approximate surface area is 190 Å².